The first-order valence-electron chi connectivity index (χ1n) is 8.83. The van der Waals surface area contributed by atoms with E-state index >= 15 is 0 Å². The molecule has 0 bridgehead atoms. The number of rotatable bonds is 7. The maximum Gasteiger partial charge on any atom is 0.189 e. The summed E-state index contributed by atoms with van der Waals surface area (Å²) >= 11 is 6.09. The number of halogens is 1. The molecule has 27 heavy (non-hydrogen) atoms. The summed E-state index contributed by atoms with van der Waals surface area (Å²) in [4.78, 5) is 13.4. The molecule has 0 radical (unpaired) electrons. The summed E-state index contributed by atoms with van der Waals surface area (Å²) in [5.74, 6) is 1.09. The lowest BCUT2D eigenvalue weighted by atomic mass is 9.88. The van der Waals surface area contributed by atoms with Crippen LogP contribution in [-0.2, 0) is 0 Å². The summed E-state index contributed by atoms with van der Waals surface area (Å²) in [6.07, 6.45) is 0.492. The maximum atomic E-state index is 13.4. The van der Waals surface area contributed by atoms with Crippen molar-refractivity contribution in [2.45, 2.75) is 6.42 Å². The van der Waals surface area contributed by atoms with Crippen LogP contribution in [0.2, 0.25) is 0 Å². The first kappa shape index (κ1) is 18.9. The van der Waals surface area contributed by atoms with E-state index in [4.69, 9.17) is 16.3 Å². The summed E-state index contributed by atoms with van der Waals surface area (Å²) in [6.45, 7) is 0. The van der Waals surface area contributed by atoms with Crippen molar-refractivity contribution < 1.29 is 9.53 Å². The van der Waals surface area contributed by atoms with Gasteiger partial charge < -0.3 is 4.74 Å². The topological polar surface area (TPSA) is 26.3 Å². The Balaban J connectivity index is 2.18. The predicted octanol–water partition coefficient (Wildman–Crippen LogP) is 6.01. The van der Waals surface area contributed by atoms with Gasteiger partial charge in [0, 0.05) is 17.0 Å². The molecule has 2 nitrogen and oxygen atoms in total. The van der Waals surface area contributed by atoms with Crippen LogP contribution in [0.1, 0.15) is 27.9 Å². The largest absolute Gasteiger partial charge is 0.497 e. The molecule has 0 aliphatic heterocycles. The molecule has 0 atom stereocenters. The molecule has 0 N–H and O–H groups in total. The molecule has 3 heteroatoms. The van der Waals surface area contributed by atoms with E-state index in [1.54, 1.807) is 31.4 Å². The van der Waals surface area contributed by atoms with Gasteiger partial charge in [-0.2, -0.15) is 0 Å². The van der Waals surface area contributed by atoms with Gasteiger partial charge in [0.2, 0.25) is 0 Å². The lowest BCUT2D eigenvalue weighted by molar-refractivity contribution is 0.103. The Morgan fingerprint density at radius 2 is 1.30 bits per heavy atom. The lowest BCUT2D eigenvalue weighted by Gasteiger charge is -2.16. The molecule has 0 saturated heterocycles. The molecule has 3 aromatic rings. The average molecular weight is 377 g/mol. The van der Waals surface area contributed by atoms with E-state index in [1.807, 2.05) is 60.7 Å². The fourth-order valence-electron chi connectivity index (χ4n) is 3.09. The van der Waals surface area contributed by atoms with Crippen LogP contribution in [0.3, 0.4) is 0 Å². The van der Waals surface area contributed by atoms with Crippen molar-refractivity contribution >= 4 is 23.0 Å². The summed E-state index contributed by atoms with van der Waals surface area (Å²) in [6, 6.07) is 27.2. The number of alkyl halides is 1. The van der Waals surface area contributed by atoms with E-state index < -0.39 is 0 Å². The second-order valence-electron chi connectivity index (χ2n) is 6.08. The number of allylic oxidation sites excluding steroid dienone is 1. The fraction of sp³-hybridized carbons (Fsp3) is 0.125. The lowest BCUT2D eigenvalue weighted by Crippen LogP contribution is -2.08. The van der Waals surface area contributed by atoms with Crippen molar-refractivity contribution in [2.75, 3.05) is 13.0 Å². The highest BCUT2D eigenvalue weighted by Crippen LogP contribution is 2.31. The van der Waals surface area contributed by atoms with Crippen LogP contribution in [0.15, 0.2) is 90.5 Å². The van der Waals surface area contributed by atoms with Gasteiger partial charge in [0.25, 0.3) is 0 Å². The minimum absolute atomic E-state index is 0.0130. The highest BCUT2D eigenvalue weighted by Gasteiger charge is 2.19. The summed E-state index contributed by atoms with van der Waals surface area (Å²) in [7, 11) is 1.61. The van der Waals surface area contributed by atoms with E-state index in [2.05, 4.69) is 0 Å². The molecule has 3 rings (SSSR count). The molecule has 0 unspecified atom stereocenters. The molecule has 0 spiro atoms. The third-order valence-electron chi connectivity index (χ3n) is 4.40. The van der Waals surface area contributed by atoms with Crippen molar-refractivity contribution in [3.63, 3.8) is 0 Å². The van der Waals surface area contributed by atoms with Crippen molar-refractivity contribution in [1.82, 2.24) is 0 Å². The fourth-order valence-corrected chi connectivity index (χ4v) is 3.28. The minimum Gasteiger partial charge on any atom is -0.497 e. The van der Waals surface area contributed by atoms with Crippen molar-refractivity contribution in [3.8, 4) is 5.75 Å². The molecule has 136 valence electrons. The molecule has 0 heterocycles. The van der Waals surface area contributed by atoms with Crippen LogP contribution in [0.5, 0.6) is 5.75 Å². The Kier molecular flexibility index (Phi) is 6.45. The normalized spacial score (nSPS) is 10.3. The smallest absolute Gasteiger partial charge is 0.189 e. The van der Waals surface area contributed by atoms with Crippen LogP contribution < -0.4 is 4.74 Å². The van der Waals surface area contributed by atoms with E-state index in [0.717, 1.165) is 22.4 Å². The number of benzene rings is 3. The molecule has 0 aliphatic carbocycles. The van der Waals surface area contributed by atoms with Gasteiger partial charge in [-0.1, -0.05) is 60.7 Å². The zero-order valence-electron chi connectivity index (χ0n) is 15.2. The SMILES string of the molecule is COc1ccc(C(=O)C(CCCl)=C(c2ccccc2)c2ccccc2)cc1. The van der Waals surface area contributed by atoms with Gasteiger partial charge in [0.05, 0.1) is 7.11 Å². The summed E-state index contributed by atoms with van der Waals surface area (Å²) in [5.41, 5.74) is 4.28. The number of carbonyl (C=O) groups excluding carboxylic acids is 1. The van der Waals surface area contributed by atoms with E-state index in [1.165, 1.54) is 0 Å². The van der Waals surface area contributed by atoms with Gasteiger partial charge in [-0.15, -0.1) is 11.6 Å². The third kappa shape index (κ3) is 4.47. The van der Waals surface area contributed by atoms with Crippen LogP contribution in [0, 0.1) is 0 Å². The Morgan fingerprint density at radius 3 is 1.74 bits per heavy atom. The average Bonchev–Trinajstić information content (AvgIpc) is 2.74. The Morgan fingerprint density at radius 1 is 0.778 bits per heavy atom. The second kappa shape index (κ2) is 9.20. The number of hydrogen-bond donors (Lipinski definition) is 0. The number of hydrogen-bond acceptors (Lipinski definition) is 2. The van der Waals surface area contributed by atoms with Gasteiger partial charge in [-0.25, -0.2) is 0 Å². The van der Waals surface area contributed by atoms with Gasteiger partial charge in [-0.05, 0) is 47.4 Å². The summed E-state index contributed by atoms with van der Waals surface area (Å²) in [5, 5.41) is 0. The number of carbonyl (C=O) groups is 1. The van der Waals surface area contributed by atoms with Crippen molar-refractivity contribution in [2.24, 2.45) is 0 Å². The van der Waals surface area contributed by atoms with Gasteiger partial charge in [-0.3, -0.25) is 4.79 Å². The molecule has 0 fully saturated rings. The Hall–Kier alpha value is -2.84. The molecule has 3 aromatic carbocycles. The standard InChI is InChI=1S/C24H21ClO2/c1-27-21-14-12-20(13-15-21)24(26)22(16-17-25)23(18-8-4-2-5-9-18)19-10-6-3-7-11-19/h2-15H,16-17H2,1H3. The first-order chi connectivity index (χ1) is 13.2. The molecular formula is C24H21ClO2. The monoisotopic (exact) mass is 376 g/mol. The zero-order valence-corrected chi connectivity index (χ0v) is 15.9. The molecule has 0 saturated carbocycles. The Labute approximate surface area is 165 Å². The molecule has 0 aliphatic rings. The quantitative estimate of drug-likeness (QED) is 0.287. The second-order valence-corrected chi connectivity index (χ2v) is 6.46. The van der Waals surface area contributed by atoms with Crippen molar-refractivity contribution in [3.05, 3.63) is 107 Å². The van der Waals surface area contributed by atoms with E-state index in [9.17, 15) is 4.79 Å². The number of methoxy groups -OCH3 is 1. The first-order valence-corrected chi connectivity index (χ1v) is 9.36. The number of ketones is 1. The predicted molar refractivity (Wildman–Crippen MR) is 112 cm³/mol. The number of ether oxygens (including phenoxy) is 1. The highest BCUT2D eigenvalue weighted by atomic mass is 35.5. The highest BCUT2D eigenvalue weighted by molar-refractivity contribution is 6.20. The van der Waals surface area contributed by atoms with Gasteiger partial charge in [0.15, 0.2) is 5.78 Å². The van der Waals surface area contributed by atoms with Crippen LogP contribution in [0.25, 0.3) is 5.57 Å². The zero-order chi connectivity index (χ0) is 19.1. The summed E-state index contributed by atoms with van der Waals surface area (Å²) < 4.78 is 5.20. The molecule has 0 amide bonds. The minimum atomic E-state index is -0.0130. The van der Waals surface area contributed by atoms with Crippen molar-refractivity contribution in [1.29, 1.82) is 0 Å². The van der Waals surface area contributed by atoms with Gasteiger partial charge >= 0.3 is 0 Å². The third-order valence-corrected chi connectivity index (χ3v) is 4.59. The molecular weight excluding hydrogens is 356 g/mol. The van der Waals surface area contributed by atoms with E-state index in [0.29, 0.717) is 23.4 Å². The molecule has 0 aromatic heterocycles. The van der Waals surface area contributed by atoms with Crippen LogP contribution in [0.4, 0.5) is 0 Å². The van der Waals surface area contributed by atoms with E-state index in [-0.39, 0.29) is 5.78 Å². The maximum absolute atomic E-state index is 13.4. The van der Waals surface area contributed by atoms with Crippen LogP contribution >= 0.6 is 11.6 Å². The van der Waals surface area contributed by atoms with Gasteiger partial charge in [0.1, 0.15) is 5.75 Å². The Bertz CT molecular complexity index is 872. The van der Waals surface area contributed by atoms with Crippen LogP contribution in [-0.4, -0.2) is 18.8 Å². The number of Topliss-reactive ketones (excluding diaryl/α,β-unsaturated/α-hetero) is 1.